The number of hydrogen-bond acceptors (Lipinski definition) is 3. The highest BCUT2D eigenvalue weighted by Gasteiger charge is 2.33. The lowest BCUT2D eigenvalue weighted by Crippen LogP contribution is -2.35. The number of allylic oxidation sites excluding steroid dienone is 2. The van der Waals surface area contributed by atoms with Crippen LogP contribution in [0.2, 0.25) is 0 Å². The zero-order valence-corrected chi connectivity index (χ0v) is 17.2. The van der Waals surface area contributed by atoms with E-state index in [0.717, 1.165) is 24.8 Å². The molecule has 0 aliphatic heterocycles. The molecule has 2 rings (SSSR count). The lowest BCUT2D eigenvalue weighted by molar-refractivity contribution is -0.188. The van der Waals surface area contributed by atoms with Gasteiger partial charge in [-0.25, -0.2) is 0 Å². The van der Waals surface area contributed by atoms with Gasteiger partial charge >= 0.3 is 5.97 Å². The quantitative estimate of drug-likeness (QED) is 0.359. The standard InChI is InChI=1S/C23H34O3/c1-7-15(2)20-10-8-19(9-11-20)14-22(24)26-23(25-6)21-13-17(4)16(3)12-18(21)5/h8-11,15,18,21,23H,7,12-14H2,1-6H3. The fourth-order valence-electron chi connectivity index (χ4n) is 3.75. The number of ether oxygens (including phenoxy) is 2. The maximum absolute atomic E-state index is 12.4. The highest BCUT2D eigenvalue weighted by Crippen LogP contribution is 2.37. The zero-order valence-electron chi connectivity index (χ0n) is 17.2. The number of benzene rings is 1. The summed E-state index contributed by atoms with van der Waals surface area (Å²) in [5.74, 6) is 0.998. The van der Waals surface area contributed by atoms with Crippen molar-refractivity contribution in [1.82, 2.24) is 0 Å². The molecular formula is C23H34O3. The Morgan fingerprint density at radius 3 is 2.35 bits per heavy atom. The summed E-state index contributed by atoms with van der Waals surface area (Å²) < 4.78 is 11.3. The highest BCUT2D eigenvalue weighted by molar-refractivity contribution is 5.72. The first-order valence-corrected chi connectivity index (χ1v) is 9.82. The summed E-state index contributed by atoms with van der Waals surface area (Å²) in [7, 11) is 1.63. The van der Waals surface area contributed by atoms with Crippen LogP contribution in [0, 0.1) is 11.8 Å². The predicted octanol–water partition coefficient (Wildman–Crippen LogP) is 5.64. The first kappa shape index (κ1) is 20.7. The van der Waals surface area contributed by atoms with Crippen molar-refractivity contribution >= 4 is 5.97 Å². The fourth-order valence-corrected chi connectivity index (χ4v) is 3.75. The third-order valence-corrected chi connectivity index (χ3v) is 5.97. The SMILES string of the molecule is CCC(C)c1ccc(CC(=O)OC(OC)C2CC(C)=C(C)CC2C)cc1. The van der Waals surface area contributed by atoms with Crippen molar-refractivity contribution < 1.29 is 14.3 Å². The first-order chi connectivity index (χ1) is 12.3. The molecule has 1 aliphatic carbocycles. The molecule has 0 saturated heterocycles. The van der Waals surface area contributed by atoms with Crippen LogP contribution in [-0.2, 0) is 20.7 Å². The van der Waals surface area contributed by atoms with Gasteiger partial charge in [-0.05, 0) is 56.1 Å². The molecule has 0 aromatic heterocycles. The van der Waals surface area contributed by atoms with Crippen molar-refractivity contribution in [1.29, 1.82) is 0 Å². The van der Waals surface area contributed by atoms with Gasteiger partial charge < -0.3 is 9.47 Å². The molecule has 0 saturated carbocycles. The molecule has 4 unspecified atom stereocenters. The number of methoxy groups -OCH3 is 1. The number of carbonyl (C=O) groups excluding carboxylic acids is 1. The Kier molecular flexibility index (Phi) is 7.45. The van der Waals surface area contributed by atoms with Gasteiger partial charge in [-0.15, -0.1) is 0 Å². The maximum Gasteiger partial charge on any atom is 0.312 e. The summed E-state index contributed by atoms with van der Waals surface area (Å²) in [5.41, 5.74) is 5.15. The molecular weight excluding hydrogens is 324 g/mol. The average molecular weight is 359 g/mol. The molecule has 4 atom stereocenters. The van der Waals surface area contributed by atoms with E-state index >= 15 is 0 Å². The molecule has 0 amide bonds. The van der Waals surface area contributed by atoms with Crippen molar-refractivity contribution in [2.45, 2.75) is 72.5 Å². The minimum absolute atomic E-state index is 0.218. The molecule has 0 heterocycles. The van der Waals surface area contributed by atoms with Gasteiger partial charge in [-0.1, -0.05) is 56.2 Å². The van der Waals surface area contributed by atoms with Crippen molar-refractivity contribution in [2.24, 2.45) is 11.8 Å². The summed E-state index contributed by atoms with van der Waals surface area (Å²) in [6.07, 6.45) is 2.91. The Labute approximate surface area is 158 Å². The smallest absolute Gasteiger partial charge is 0.312 e. The van der Waals surface area contributed by atoms with Crippen LogP contribution in [0.25, 0.3) is 0 Å². The van der Waals surface area contributed by atoms with E-state index in [1.807, 2.05) is 12.1 Å². The minimum atomic E-state index is -0.472. The van der Waals surface area contributed by atoms with Gasteiger partial charge in [0.25, 0.3) is 0 Å². The van der Waals surface area contributed by atoms with E-state index in [2.05, 4.69) is 46.8 Å². The molecule has 26 heavy (non-hydrogen) atoms. The van der Waals surface area contributed by atoms with E-state index in [0.29, 0.717) is 11.8 Å². The molecule has 0 spiro atoms. The molecule has 0 N–H and O–H groups in total. The molecule has 1 aromatic rings. The third kappa shape index (κ3) is 5.20. The Morgan fingerprint density at radius 2 is 1.77 bits per heavy atom. The van der Waals surface area contributed by atoms with E-state index in [1.54, 1.807) is 7.11 Å². The molecule has 3 heteroatoms. The summed E-state index contributed by atoms with van der Waals surface area (Å²) in [6, 6.07) is 8.30. The average Bonchev–Trinajstić information content (AvgIpc) is 2.63. The van der Waals surface area contributed by atoms with Crippen LogP contribution in [-0.4, -0.2) is 19.4 Å². The van der Waals surface area contributed by atoms with Crippen LogP contribution in [0.3, 0.4) is 0 Å². The van der Waals surface area contributed by atoms with Crippen LogP contribution >= 0.6 is 0 Å². The Morgan fingerprint density at radius 1 is 1.15 bits per heavy atom. The Balaban J connectivity index is 1.97. The lowest BCUT2D eigenvalue weighted by Gasteiger charge is -2.35. The van der Waals surface area contributed by atoms with Gasteiger partial charge in [-0.3, -0.25) is 4.79 Å². The normalized spacial score (nSPS) is 22.8. The van der Waals surface area contributed by atoms with Crippen molar-refractivity contribution in [3.05, 3.63) is 46.5 Å². The van der Waals surface area contributed by atoms with Gasteiger partial charge in [0.15, 0.2) is 0 Å². The Bertz CT molecular complexity index is 629. The van der Waals surface area contributed by atoms with E-state index in [1.165, 1.54) is 16.7 Å². The summed E-state index contributed by atoms with van der Waals surface area (Å²) in [4.78, 5) is 12.4. The second kappa shape index (κ2) is 9.36. The highest BCUT2D eigenvalue weighted by atomic mass is 16.7. The molecule has 3 nitrogen and oxygen atoms in total. The molecule has 1 aliphatic rings. The number of esters is 1. The zero-order chi connectivity index (χ0) is 19.3. The largest absolute Gasteiger partial charge is 0.435 e. The molecule has 0 fully saturated rings. The monoisotopic (exact) mass is 358 g/mol. The van der Waals surface area contributed by atoms with Gasteiger partial charge in [0.1, 0.15) is 0 Å². The summed E-state index contributed by atoms with van der Waals surface area (Å²) in [6.45, 7) is 11.0. The van der Waals surface area contributed by atoms with Gasteiger partial charge in [0.05, 0.1) is 6.42 Å². The fraction of sp³-hybridized carbons (Fsp3) is 0.609. The third-order valence-electron chi connectivity index (χ3n) is 5.97. The summed E-state index contributed by atoms with van der Waals surface area (Å²) in [5, 5.41) is 0. The van der Waals surface area contributed by atoms with Gasteiger partial charge in [0.2, 0.25) is 6.29 Å². The predicted molar refractivity (Wildman–Crippen MR) is 106 cm³/mol. The van der Waals surface area contributed by atoms with Crippen molar-refractivity contribution in [2.75, 3.05) is 7.11 Å². The second-order valence-corrected chi connectivity index (χ2v) is 7.93. The lowest BCUT2D eigenvalue weighted by atomic mass is 9.77. The van der Waals surface area contributed by atoms with Crippen LogP contribution in [0.15, 0.2) is 35.4 Å². The van der Waals surface area contributed by atoms with E-state index in [-0.39, 0.29) is 18.3 Å². The van der Waals surface area contributed by atoms with E-state index in [9.17, 15) is 4.79 Å². The van der Waals surface area contributed by atoms with Crippen molar-refractivity contribution in [3.63, 3.8) is 0 Å². The number of carbonyl (C=O) groups is 1. The molecule has 144 valence electrons. The molecule has 0 bridgehead atoms. The maximum atomic E-state index is 12.4. The van der Waals surface area contributed by atoms with E-state index < -0.39 is 6.29 Å². The van der Waals surface area contributed by atoms with Crippen LogP contribution in [0.5, 0.6) is 0 Å². The molecule has 1 aromatic carbocycles. The van der Waals surface area contributed by atoms with Gasteiger partial charge in [0, 0.05) is 13.0 Å². The van der Waals surface area contributed by atoms with Crippen LogP contribution in [0.4, 0.5) is 0 Å². The second-order valence-electron chi connectivity index (χ2n) is 7.93. The first-order valence-electron chi connectivity index (χ1n) is 9.82. The molecule has 0 radical (unpaired) electrons. The number of hydrogen-bond donors (Lipinski definition) is 0. The minimum Gasteiger partial charge on any atom is -0.435 e. The van der Waals surface area contributed by atoms with Gasteiger partial charge in [-0.2, -0.15) is 0 Å². The van der Waals surface area contributed by atoms with Crippen LogP contribution in [0.1, 0.15) is 70.9 Å². The number of rotatable bonds is 7. The van der Waals surface area contributed by atoms with Crippen LogP contribution < -0.4 is 0 Å². The van der Waals surface area contributed by atoms with Crippen molar-refractivity contribution in [3.8, 4) is 0 Å². The Hall–Kier alpha value is -1.61. The summed E-state index contributed by atoms with van der Waals surface area (Å²) >= 11 is 0. The topological polar surface area (TPSA) is 35.5 Å². The van der Waals surface area contributed by atoms with E-state index in [4.69, 9.17) is 9.47 Å².